The van der Waals surface area contributed by atoms with Crippen LogP contribution in [0, 0.1) is 62.2 Å². The summed E-state index contributed by atoms with van der Waals surface area (Å²) in [5.74, 6) is 19.3. The maximum Gasteiger partial charge on any atom is 0.253 e. The van der Waals surface area contributed by atoms with Crippen molar-refractivity contribution >= 4 is 66.4 Å². The SMILES string of the molecule is C.C.C.CC(=O)c1ccc(C)c(C#Cc2cnc3cccnn23)c1.Cc1ccc(C(=O)N2CCCC(CBr)C2)cc1C#Cc1cnc2cccnn12.Cc1ccc(C(=O)NCCCBr)cc1C#Cc1cnc2cccnn12. The molecule has 1 aliphatic rings. The van der Waals surface area contributed by atoms with Crippen LogP contribution < -0.4 is 5.32 Å². The molecular weight excluding hydrogens is 1090 g/mol. The number of nitrogens with zero attached hydrogens (tertiary/aromatic N) is 10. The van der Waals surface area contributed by atoms with Crippen molar-refractivity contribution in [2.24, 2.45) is 5.92 Å². The van der Waals surface area contributed by atoms with Gasteiger partial charge in [0, 0.05) is 82.3 Å². The van der Waals surface area contributed by atoms with Crippen LogP contribution in [0.25, 0.3) is 16.9 Å². The Morgan fingerprint density at radius 1 is 0.597 bits per heavy atom. The number of carbonyl (C=O) groups is 3. The number of amides is 2. The van der Waals surface area contributed by atoms with Crippen LogP contribution in [0.5, 0.6) is 0 Å². The summed E-state index contributed by atoms with van der Waals surface area (Å²) in [5, 5.41) is 17.5. The van der Waals surface area contributed by atoms with E-state index in [4.69, 9.17) is 0 Å². The highest BCUT2D eigenvalue weighted by Crippen LogP contribution is 2.22. The topological polar surface area (TPSA) is 157 Å². The number of hydrogen-bond donors (Lipinski definition) is 1. The number of aromatic nitrogens is 9. The standard InChI is InChI=1S/C22H21BrN4O.C19H17BrN4O.C17H13N3O.3CH4/c1-16-6-7-19(22(28)26-11-3-4-17(13-23)15-26)12-18(16)8-9-20-14-24-21-5-2-10-25-27(20)21;1-14-5-6-16(19(25)21-10-3-9-20)12-15(14)7-8-17-13-22-18-4-2-11-23-24(17)18;1-12-5-6-15(13(2)21)10-14(12)7-8-16-11-18-17-4-3-9-19-20(16)17;;;/h2,5-7,10,12,14,17H,3-4,11,13,15H2,1H3;2,4-6,11-13H,3,9-10H2,1H3,(H,21,25);3-6,9-11H,1-2H3;3*1H4. The van der Waals surface area contributed by atoms with Crippen molar-refractivity contribution < 1.29 is 14.4 Å². The average molecular weight is 1160 g/mol. The van der Waals surface area contributed by atoms with E-state index in [0.29, 0.717) is 34.8 Å². The third kappa shape index (κ3) is 15.2. The average Bonchev–Trinajstić information content (AvgIpc) is 4.17. The zero-order chi connectivity index (χ0) is 52.0. The molecule has 1 atom stereocenters. The molecule has 3 aromatic carbocycles. The first-order chi connectivity index (χ1) is 36.0. The second-order valence-corrected chi connectivity index (χ2v) is 18.9. The van der Waals surface area contributed by atoms with Crippen molar-refractivity contribution in [1.82, 2.24) is 54.0 Å². The molecule has 16 heteroatoms. The van der Waals surface area contributed by atoms with E-state index >= 15 is 0 Å². The van der Waals surface area contributed by atoms with Gasteiger partial charge in [-0.1, -0.05) is 96.2 Å². The number of hydrogen-bond acceptors (Lipinski definition) is 9. The third-order valence-corrected chi connectivity index (χ3v) is 13.5. The number of imidazole rings is 3. The van der Waals surface area contributed by atoms with Crippen LogP contribution in [0.15, 0.2) is 128 Å². The molecule has 7 heterocycles. The van der Waals surface area contributed by atoms with E-state index in [0.717, 1.165) is 98.3 Å². The molecule has 10 rings (SSSR count). The number of ketones is 1. The van der Waals surface area contributed by atoms with Gasteiger partial charge in [0.05, 0.1) is 18.6 Å². The molecule has 394 valence electrons. The molecule has 1 N–H and O–H groups in total. The minimum Gasteiger partial charge on any atom is -0.352 e. The van der Waals surface area contributed by atoms with Gasteiger partial charge in [-0.15, -0.1) is 0 Å². The highest BCUT2D eigenvalue weighted by atomic mass is 79.9. The molecule has 0 aliphatic carbocycles. The Morgan fingerprint density at radius 2 is 1.03 bits per heavy atom. The fraction of sp³-hybridized carbons (Fsp3) is 0.262. The van der Waals surface area contributed by atoms with Gasteiger partial charge >= 0.3 is 0 Å². The van der Waals surface area contributed by atoms with Crippen molar-refractivity contribution in [3.63, 3.8) is 0 Å². The number of piperidine rings is 1. The molecule has 0 bridgehead atoms. The molecule has 1 aliphatic heterocycles. The summed E-state index contributed by atoms with van der Waals surface area (Å²) in [6, 6.07) is 28.0. The van der Waals surface area contributed by atoms with Gasteiger partial charge in [0.2, 0.25) is 0 Å². The predicted molar refractivity (Wildman–Crippen MR) is 314 cm³/mol. The molecule has 0 radical (unpaired) electrons. The van der Waals surface area contributed by atoms with Crippen LogP contribution in [0.2, 0.25) is 0 Å². The summed E-state index contributed by atoms with van der Waals surface area (Å²) in [6.07, 6.45) is 13.3. The number of aryl methyl sites for hydroxylation is 3. The number of Topliss-reactive ketones (excluding diaryl/α,β-unsaturated/α-hetero) is 1. The van der Waals surface area contributed by atoms with Gasteiger partial charge in [-0.05, 0) is 154 Å². The number of rotatable bonds is 7. The fourth-order valence-corrected chi connectivity index (χ4v) is 8.64. The maximum atomic E-state index is 13.0. The molecule has 1 saturated heterocycles. The molecule has 14 nitrogen and oxygen atoms in total. The van der Waals surface area contributed by atoms with Crippen molar-refractivity contribution in [3.8, 4) is 35.5 Å². The molecule has 77 heavy (non-hydrogen) atoms. The zero-order valence-electron chi connectivity index (χ0n) is 41.3. The lowest BCUT2D eigenvalue weighted by Gasteiger charge is -2.32. The van der Waals surface area contributed by atoms with Gasteiger partial charge in [0.1, 0.15) is 17.1 Å². The van der Waals surface area contributed by atoms with Gasteiger partial charge in [-0.2, -0.15) is 15.3 Å². The lowest BCUT2D eigenvalue weighted by atomic mass is 9.98. The van der Waals surface area contributed by atoms with Crippen LogP contribution >= 0.6 is 31.9 Å². The number of nitrogens with one attached hydrogen (secondary N) is 1. The Morgan fingerprint density at radius 3 is 1.47 bits per heavy atom. The molecule has 9 aromatic rings. The molecule has 0 saturated carbocycles. The Labute approximate surface area is 468 Å². The molecule has 0 spiro atoms. The first-order valence-corrected chi connectivity index (χ1v) is 26.2. The van der Waals surface area contributed by atoms with Crippen molar-refractivity contribution in [2.75, 3.05) is 30.3 Å². The van der Waals surface area contributed by atoms with Crippen molar-refractivity contribution in [2.45, 2.75) is 69.2 Å². The highest BCUT2D eigenvalue weighted by Gasteiger charge is 2.24. The van der Waals surface area contributed by atoms with E-state index in [9.17, 15) is 14.4 Å². The molecule has 1 fully saturated rings. The molecule has 2 amide bonds. The lowest BCUT2D eigenvalue weighted by molar-refractivity contribution is 0.0685. The smallest absolute Gasteiger partial charge is 0.253 e. The first-order valence-electron chi connectivity index (χ1n) is 23.9. The molecule has 6 aromatic heterocycles. The Balaban J connectivity index is 0.000000211. The summed E-state index contributed by atoms with van der Waals surface area (Å²) < 4.78 is 5.10. The monoisotopic (exact) mass is 1160 g/mol. The fourth-order valence-electron chi connectivity index (χ4n) is 7.83. The van der Waals surface area contributed by atoms with Crippen LogP contribution in [-0.2, 0) is 0 Å². The first kappa shape index (κ1) is 59.6. The largest absolute Gasteiger partial charge is 0.352 e. The van der Waals surface area contributed by atoms with E-state index in [1.165, 1.54) is 6.42 Å². The van der Waals surface area contributed by atoms with Crippen molar-refractivity contribution in [1.29, 1.82) is 0 Å². The van der Waals surface area contributed by atoms with E-state index in [1.807, 2.05) is 117 Å². The second-order valence-electron chi connectivity index (χ2n) is 17.4. The van der Waals surface area contributed by atoms with Gasteiger partial charge in [-0.3, -0.25) is 14.4 Å². The van der Waals surface area contributed by atoms with Crippen LogP contribution in [0.4, 0.5) is 0 Å². The van der Waals surface area contributed by atoms with Gasteiger partial charge in [0.15, 0.2) is 22.7 Å². The van der Waals surface area contributed by atoms with Gasteiger partial charge < -0.3 is 10.2 Å². The normalized spacial score (nSPS) is 12.2. The van der Waals surface area contributed by atoms with Crippen LogP contribution in [0.3, 0.4) is 0 Å². The zero-order valence-corrected chi connectivity index (χ0v) is 44.5. The van der Waals surface area contributed by atoms with Crippen LogP contribution in [0.1, 0.15) is 130 Å². The third-order valence-electron chi connectivity index (χ3n) is 12.1. The predicted octanol–water partition coefficient (Wildman–Crippen LogP) is 11.2. The second kappa shape index (κ2) is 28.6. The Bertz CT molecular complexity index is 3710. The minimum absolute atomic E-state index is 0. The van der Waals surface area contributed by atoms with E-state index in [2.05, 4.69) is 103 Å². The van der Waals surface area contributed by atoms with E-state index in [1.54, 1.807) is 57.7 Å². The maximum absolute atomic E-state index is 13.0. The highest BCUT2D eigenvalue weighted by molar-refractivity contribution is 9.09. The number of alkyl halides is 2. The number of fused-ring (bicyclic) bond motifs is 3. The molecular formula is C61H63Br2N11O3. The Hall–Kier alpha value is -8.23. The summed E-state index contributed by atoms with van der Waals surface area (Å²) in [5.41, 5.74) is 12.0. The van der Waals surface area contributed by atoms with Gasteiger partial charge in [0.25, 0.3) is 11.8 Å². The lowest BCUT2D eigenvalue weighted by Crippen LogP contribution is -2.40. The summed E-state index contributed by atoms with van der Waals surface area (Å²) in [7, 11) is 0. The minimum atomic E-state index is -0.0829. The number of likely N-dealkylation sites (tertiary alicyclic amines) is 1. The van der Waals surface area contributed by atoms with Crippen molar-refractivity contribution in [3.05, 3.63) is 195 Å². The van der Waals surface area contributed by atoms with Gasteiger partial charge in [-0.25, -0.2) is 28.5 Å². The number of carbonyl (C=O) groups excluding carboxylic acids is 3. The molecule has 1 unspecified atom stereocenters. The number of benzene rings is 3. The Kier molecular flexibility index (Phi) is 22.2. The number of halogens is 2. The van der Waals surface area contributed by atoms with E-state index in [-0.39, 0.29) is 39.9 Å². The summed E-state index contributed by atoms with van der Waals surface area (Å²) in [4.78, 5) is 51.4. The van der Waals surface area contributed by atoms with Crippen LogP contribution in [-0.4, -0.2) is 96.6 Å². The quantitative estimate of drug-likeness (QED) is 0.0710. The summed E-state index contributed by atoms with van der Waals surface area (Å²) in [6.45, 7) is 9.79. The summed E-state index contributed by atoms with van der Waals surface area (Å²) >= 11 is 6.90. The van der Waals surface area contributed by atoms with E-state index < -0.39 is 0 Å².